The van der Waals surface area contributed by atoms with Gasteiger partial charge in [-0.15, -0.1) is 0 Å². The molecule has 0 bridgehead atoms. The second-order valence-electron chi connectivity index (χ2n) is 6.18. The van der Waals surface area contributed by atoms with Crippen molar-refractivity contribution >= 4 is 12.0 Å². The van der Waals surface area contributed by atoms with Crippen molar-refractivity contribution in [3.05, 3.63) is 0 Å². The predicted octanol–water partition coefficient (Wildman–Crippen LogP) is 0.736. The Morgan fingerprint density at radius 1 is 1.05 bits per heavy atom. The summed E-state index contributed by atoms with van der Waals surface area (Å²) in [5, 5.41) is 15.1. The molecule has 0 saturated carbocycles. The molecule has 2 saturated heterocycles. The highest BCUT2D eigenvalue weighted by Gasteiger charge is 2.40. The number of carboxylic acids is 1. The molecule has 120 valence electrons. The van der Waals surface area contributed by atoms with Gasteiger partial charge in [0.05, 0.1) is 5.41 Å². The zero-order chi connectivity index (χ0) is 15.3. The predicted molar refractivity (Wildman–Crippen MR) is 75.1 cm³/mol. The van der Waals surface area contributed by atoms with E-state index in [4.69, 9.17) is 9.47 Å². The molecule has 7 heteroatoms. The number of ether oxygens (including phenoxy) is 2. The molecule has 2 heterocycles. The normalized spacial score (nSPS) is 24.0. The lowest BCUT2D eigenvalue weighted by Crippen LogP contribution is -2.55. The number of aliphatic carboxylic acids is 1. The molecule has 2 aliphatic rings. The molecular weight excluding hydrogens is 276 g/mol. The first-order chi connectivity index (χ1) is 9.96. The van der Waals surface area contributed by atoms with E-state index in [0.29, 0.717) is 39.3 Å². The number of hydrogen-bond donors (Lipinski definition) is 3. The smallest absolute Gasteiger partial charge is 0.315 e. The number of rotatable bonds is 4. The Balaban J connectivity index is 1.85. The minimum absolute atomic E-state index is 0.129. The number of carboxylic acid groups (broad SMARTS) is 1. The highest BCUT2D eigenvalue weighted by molar-refractivity contribution is 5.78. The molecule has 0 aromatic rings. The zero-order valence-corrected chi connectivity index (χ0v) is 12.4. The monoisotopic (exact) mass is 300 g/mol. The Morgan fingerprint density at radius 3 is 2.10 bits per heavy atom. The van der Waals surface area contributed by atoms with E-state index in [9.17, 15) is 14.7 Å². The van der Waals surface area contributed by atoms with Gasteiger partial charge in [0, 0.05) is 38.5 Å². The van der Waals surface area contributed by atoms with Crippen LogP contribution >= 0.6 is 0 Å². The molecule has 0 aromatic heterocycles. The van der Waals surface area contributed by atoms with E-state index in [-0.39, 0.29) is 18.1 Å². The molecule has 2 amide bonds. The van der Waals surface area contributed by atoms with Crippen LogP contribution in [0.3, 0.4) is 0 Å². The van der Waals surface area contributed by atoms with Crippen LogP contribution in [0.15, 0.2) is 0 Å². The average Bonchev–Trinajstić information content (AvgIpc) is 2.46. The SMILES string of the molecule is CC1(NC(=O)NCC2(C(=O)O)CCOCC2)CCOCC1. The molecule has 0 aromatic carbocycles. The van der Waals surface area contributed by atoms with Crippen molar-refractivity contribution in [2.75, 3.05) is 33.0 Å². The van der Waals surface area contributed by atoms with Crippen LogP contribution < -0.4 is 10.6 Å². The van der Waals surface area contributed by atoms with Gasteiger partial charge >= 0.3 is 12.0 Å². The highest BCUT2D eigenvalue weighted by Crippen LogP contribution is 2.30. The maximum Gasteiger partial charge on any atom is 0.315 e. The van der Waals surface area contributed by atoms with Gasteiger partial charge < -0.3 is 25.2 Å². The molecule has 0 aliphatic carbocycles. The first-order valence-electron chi connectivity index (χ1n) is 7.41. The van der Waals surface area contributed by atoms with Gasteiger partial charge in [-0.1, -0.05) is 0 Å². The van der Waals surface area contributed by atoms with Crippen molar-refractivity contribution in [2.24, 2.45) is 5.41 Å². The van der Waals surface area contributed by atoms with Crippen LogP contribution in [0.25, 0.3) is 0 Å². The molecule has 0 atom stereocenters. The number of carbonyl (C=O) groups excluding carboxylic acids is 1. The Bertz CT molecular complexity index is 387. The third-order valence-corrected chi connectivity index (χ3v) is 4.50. The summed E-state index contributed by atoms with van der Waals surface area (Å²) >= 11 is 0. The van der Waals surface area contributed by atoms with E-state index in [1.807, 2.05) is 6.92 Å². The molecule has 7 nitrogen and oxygen atoms in total. The second kappa shape index (κ2) is 6.62. The van der Waals surface area contributed by atoms with Crippen molar-refractivity contribution in [3.63, 3.8) is 0 Å². The summed E-state index contributed by atoms with van der Waals surface area (Å²) in [6.45, 7) is 4.22. The number of urea groups is 1. The Labute approximate surface area is 124 Å². The molecule has 2 rings (SSSR count). The summed E-state index contributed by atoms with van der Waals surface area (Å²) in [5.74, 6) is -0.872. The Hall–Kier alpha value is -1.34. The molecule has 2 fully saturated rings. The fraction of sp³-hybridized carbons (Fsp3) is 0.857. The van der Waals surface area contributed by atoms with E-state index >= 15 is 0 Å². The first-order valence-corrected chi connectivity index (χ1v) is 7.41. The fourth-order valence-corrected chi connectivity index (χ4v) is 2.74. The lowest BCUT2D eigenvalue weighted by Gasteiger charge is -2.36. The van der Waals surface area contributed by atoms with Crippen molar-refractivity contribution in [1.29, 1.82) is 0 Å². The Kier molecular flexibility index (Phi) is 5.05. The molecule has 21 heavy (non-hydrogen) atoms. The van der Waals surface area contributed by atoms with Gasteiger partial charge in [-0.2, -0.15) is 0 Å². The van der Waals surface area contributed by atoms with Crippen LogP contribution in [0.5, 0.6) is 0 Å². The largest absolute Gasteiger partial charge is 0.481 e. The highest BCUT2D eigenvalue weighted by atomic mass is 16.5. The van der Waals surface area contributed by atoms with Crippen LogP contribution in [-0.2, 0) is 14.3 Å². The van der Waals surface area contributed by atoms with Crippen molar-refractivity contribution in [3.8, 4) is 0 Å². The van der Waals surface area contributed by atoms with Crippen LogP contribution in [-0.4, -0.2) is 55.6 Å². The van der Waals surface area contributed by atoms with Gasteiger partial charge in [0.25, 0.3) is 0 Å². The third-order valence-electron chi connectivity index (χ3n) is 4.50. The van der Waals surface area contributed by atoms with Crippen molar-refractivity contribution in [1.82, 2.24) is 10.6 Å². The quantitative estimate of drug-likeness (QED) is 0.711. The molecule has 0 spiro atoms. The van der Waals surface area contributed by atoms with Gasteiger partial charge in [0.2, 0.25) is 0 Å². The zero-order valence-electron chi connectivity index (χ0n) is 12.4. The molecule has 0 unspecified atom stereocenters. The minimum Gasteiger partial charge on any atom is -0.481 e. The summed E-state index contributed by atoms with van der Waals surface area (Å²) in [5.41, 5.74) is -1.19. The minimum atomic E-state index is -0.911. The molecular formula is C14H24N2O5. The first kappa shape index (κ1) is 16.0. The number of nitrogens with one attached hydrogen (secondary N) is 2. The van der Waals surface area contributed by atoms with Crippen LogP contribution in [0.2, 0.25) is 0 Å². The second-order valence-corrected chi connectivity index (χ2v) is 6.18. The van der Waals surface area contributed by atoms with Gasteiger partial charge in [-0.25, -0.2) is 4.79 Å². The Morgan fingerprint density at radius 2 is 1.57 bits per heavy atom. The standard InChI is InChI=1S/C14H24N2O5/c1-13(2-6-20-7-3-13)16-12(19)15-10-14(11(17)18)4-8-21-9-5-14/h2-10H2,1H3,(H,17,18)(H2,15,16,19). The van der Waals surface area contributed by atoms with E-state index in [0.717, 1.165) is 12.8 Å². The van der Waals surface area contributed by atoms with Crippen molar-refractivity contribution < 1.29 is 24.2 Å². The van der Waals surface area contributed by atoms with Gasteiger partial charge in [-0.3, -0.25) is 4.79 Å². The fourth-order valence-electron chi connectivity index (χ4n) is 2.74. The van der Waals surface area contributed by atoms with Crippen molar-refractivity contribution in [2.45, 2.75) is 38.1 Å². The number of carbonyl (C=O) groups is 2. The average molecular weight is 300 g/mol. The van der Waals surface area contributed by atoms with E-state index < -0.39 is 11.4 Å². The maximum absolute atomic E-state index is 12.0. The molecule has 2 aliphatic heterocycles. The lowest BCUT2D eigenvalue weighted by molar-refractivity contribution is -0.154. The van der Waals surface area contributed by atoms with E-state index in [1.54, 1.807) is 0 Å². The molecule has 3 N–H and O–H groups in total. The van der Waals surface area contributed by atoms with E-state index in [1.165, 1.54) is 0 Å². The number of hydrogen-bond acceptors (Lipinski definition) is 4. The van der Waals surface area contributed by atoms with Gasteiger partial charge in [-0.05, 0) is 32.6 Å². The summed E-state index contributed by atoms with van der Waals surface area (Å²) in [7, 11) is 0. The van der Waals surface area contributed by atoms with Gasteiger partial charge in [0.15, 0.2) is 0 Å². The topological polar surface area (TPSA) is 96.9 Å². The van der Waals surface area contributed by atoms with Crippen LogP contribution in [0.4, 0.5) is 4.79 Å². The van der Waals surface area contributed by atoms with Gasteiger partial charge in [0.1, 0.15) is 0 Å². The summed E-state index contributed by atoms with van der Waals surface area (Å²) in [6, 6.07) is -0.313. The lowest BCUT2D eigenvalue weighted by atomic mass is 9.80. The summed E-state index contributed by atoms with van der Waals surface area (Å²) in [4.78, 5) is 23.5. The molecule has 0 radical (unpaired) electrons. The van der Waals surface area contributed by atoms with Crippen LogP contribution in [0.1, 0.15) is 32.6 Å². The van der Waals surface area contributed by atoms with Crippen LogP contribution in [0, 0.1) is 5.41 Å². The summed E-state index contributed by atoms with van der Waals surface area (Å²) < 4.78 is 10.5. The number of amides is 2. The summed E-state index contributed by atoms with van der Waals surface area (Å²) in [6.07, 6.45) is 2.37. The third kappa shape index (κ3) is 4.07. The maximum atomic E-state index is 12.0. The van der Waals surface area contributed by atoms with E-state index in [2.05, 4.69) is 10.6 Å².